The second-order valence-electron chi connectivity index (χ2n) is 3.53. The lowest BCUT2D eigenvalue weighted by Crippen LogP contribution is -2.45. The molecule has 0 aromatic rings. The molecule has 0 aromatic heterocycles. The smallest absolute Gasteiger partial charge is 0.234 e. The average Bonchev–Trinajstić information content (AvgIpc) is 2.19. The molecule has 0 saturated carbocycles. The number of nitrogens with two attached hydrogens (primary N) is 1. The van der Waals surface area contributed by atoms with Crippen LogP contribution in [0.5, 0.6) is 0 Å². The summed E-state index contributed by atoms with van der Waals surface area (Å²) in [7, 11) is 0. The third-order valence-electron chi connectivity index (χ3n) is 2.41. The number of morpholine rings is 1. The Morgan fingerprint density at radius 2 is 2.21 bits per heavy atom. The first-order valence-corrected chi connectivity index (χ1v) is 5.03. The van der Waals surface area contributed by atoms with Gasteiger partial charge in [-0.1, -0.05) is 0 Å². The first-order valence-electron chi connectivity index (χ1n) is 5.03. The Balaban J connectivity index is 2.05. The number of ether oxygens (including phenoxy) is 1. The van der Waals surface area contributed by atoms with Crippen LogP contribution < -0.4 is 11.1 Å². The molecule has 0 aromatic carbocycles. The van der Waals surface area contributed by atoms with Crippen molar-refractivity contribution in [3.05, 3.63) is 0 Å². The van der Waals surface area contributed by atoms with Crippen molar-refractivity contribution in [2.45, 2.75) is 13.0 Å². The van der Waals surface area contributed by atoms with Gasteiger partial charge in [0.1, 0.15) is 0 Å². The zero-order valence-corrected chi connectivity index (χ0v) is 8.66. The average molecular weight is 201 g/mol. The van der Waals surface area contributed by atoms with Gasteiger partial charge in [0.25, 0.3) is 0 Å². The third-order valence-corrected chi connectivity index (χ3v) is 2.41. The number of amides is 1. The highest BCUT2D eigenvalue weighted by Gasteiger charge is 2.11. The fourth-order valence-electron chi connectivity index (χ4n) is 1.36. The molecule has 1 amide bonds. The van der Waals surface area contributed by atoms with Gasteiger partial charge in [-0.2, -0.15) is 0 Å². The Labute approximate surface area is 84.6 Å². The number of carbonyl (C=O) groups is 1. The van der Waals surface area contributed by atoms with E-state index < -0.39 is 0 Å². The van der Waals surface area contributed by atoms with Crippen molar-refractivity contribution < 1.29 is 9.53 Å². The van der Waals surface area contributed by atoms with E-state index in [1.165, 1.54) is 0 Å². The predicted molar refractivity (Wildman–Crippen MR) is 53.9 cm³/mol. The third kappa shape index (κ3) is 4.04. The van der Waals surface area contributed by atoms with E-state index in [0.717, 1.165) is 39.4 Å². The summed E-state index contributed by atoms with van der Waals surface area (Å²) in [6.07, 6.45) is 0. The second kappa shape index (κ2) is 5.95. The second-order valence-corrected chi connectivity index (χ2v) is 3.53. The van der Waals surface area contributed by atoms with E-state index in [9.17, 15) is 4.79 Å². The van der Waals surface area contributed by atoms with Crippen LogP contribution in [0.15, 0.2) is 0 Å². The number of hydrogen-bond donors (Lipinski definition) is 2. The van der Waals surface area contributed by atoms with E-state index in [1.807, 2.05) is 0 Å². The predicted octanol–water partition coefficient (Wildman–Crippen LogP) is -1.22. The highest BCUT2D eigenvalue weighted by Crippen LogP contribution is 1.94. The Morgan fingerprint density at radius 1 is 1.57 bits per heavy atom. The fourth-order valence-corrected chi connectivity index (χ4v) is 1.36. The molecule has 1 saturated heterocycles. The minimum absolute atomic E-state index is 0.240. The monoisotopic (exact) mass is 201 g/mol. The molecule has 82 valence electrons. The van der Waals surface area contributed by atoms with Crippen molar-refractivity contribution >= 4 is 5.91 Å². The zero-order chi connectivity index (χ0) is 10.4. The number of nitrogens with one attached hydrogen (secondary N) is 1. The van der Waals surface area contributed by atoms with Crippen LogP contribution >= 0.6 is 0 Å². The van der Waals surface area contributed by atoms with Gasteiger partial charge in [0.05, 0.1) is 19.3 Å². The first kappa shape index (κ1) is 11.4. The summed E-state index contributed by atoms with van der Waals surface area (Å²) in [6, 6.07) is -0.240. The number of nitrogens with zero attached hydrogens (tertiary/aromatic N) is 1. The van der Waals surface area contributed by atoms with Gasteiger partial charge < -0.3 is 15.8 Å². The maximum absolute atomic E-state index is 10.7. The van der Waals surface area contributed by atoms with Gasteiger partial charge >= 0.3 is 0 Å². The SMILES string of the molecule is CC(NCCN1CCOCC1)C(N)=O. The molecule has 1 heterocycles. The topological polar surface area (TPSA) is 67.6 Å². The maximum atomic E-state index is 10.7. The molecule has 5 nitrogen and oxygen atoms in total. The van der Waals surface area contributed by atoms with Gasteiger partial charge in [-0.25, -0.2) is 0 Å². The summed E-state index contributed by atoms with van der Waals surface area (Å²) in [6.45, 7) is 7.10. The van der Waals surface area contributed by atoms with Crippen LogP contribution in [0.1, 0.15) is 6.92 Å². The molecular formula is C9H19N3O2. The Hall–Kier alpha value is -0.650. The number of primary amides is 1. The molecule has 0 bridgehead atoms. The van der Waals surface area contributed by atoms with Gasteiger partial charge in [0.2, 0.25) is 5.91 Å². The molecular weight excluding hydrogens is 182 g/mol. The molecule has 0 radical (unpaired) electrons. The molecule has 1 atom stereocenters. The standard InChI is InChI=1S/C9H19N3O2/c1-8(9(10)13)11-2-3-12-4-6-14-7-5-12/h8,11H,2-7H2,1H3,(H2,10,13). The number of rotatable bonds is 5. The van der Waals surface area contributed by atoms with Gasteiger partial charge in [-0.3, -0.25) is 9.69 Å². The van der Waals surface area contributed by atoms with E-state index in [2.05, 4.69) is 10.2 Å². The van der Waals surface area contributed by atoms with Crippen LogP contribution in [0.4, 0.5) is 0 Å². The quantitative estimate of drug-likeness (QED) is 0.585. The lowest BCUT2D eigenvalue weighted by Gasteiger charge is -2.26. The van der Waals surface area contributed by atoms with Crippen LogP contribution in [-0.4, -0.2) is 56.2 Å². The van der Waals surface area contributed by atoms with Crippen molar-refractivity contribution in [2.75, 3.05) is 39.4 Å². The molecule has 0 spiro atoms. The summed E-state index contributed by atoms with van der Waals surface area (Å²) in [5, 5.41) is 3.07. The van der Waals surface area contributed by atoms with Crippen LogP contribution in [0.2, 0.25) is 0 Å². The lowest BCUT2D eigenvalue weighted by molar-refractivity contribution is -0.119. The van der Waals surface area contributed by atoms with Crippen LogP contribution in [0, 0.1) is 0 Å². The summed E-state index contributed by atoms with van der Waals surface area (Å²) in [5.74, 6) is -0.299. The number of carbonyl (C=O) groups excluding carboxylic acids is 1. The van der Waals surface area contributed by atoms with Crippen molar-refractivity contribution in [1.82, 2.24) is 10.2 Å². The first-order chi connectivity index (χ1) is 6.70. The van der Waals surface area contributed by atoms with Crippen molar-refractivity contribution in [1.29, 1.82) is 0 Å². The van der Waals surface area contributed by atoms with Gasteiger partial charge in [0.15, 0.2) is 0 Å². The van der Waals surface area contributed by atoms with E-state index in [1.54, 1.807) is 6.92 Å². The van der Waals surface area contributed by atoms with Crippen molar-refractivity contribution in [3.63, 3.8) is 0 Å². The molecule has 1 rings (SSSR count). The molecule has 3 N–H and O–H groups in total. The van der Waals surface area contributed by atoms with Crippen molar-refractivity contribution in [3.8, 4) is 0 Å². The Morgan fingerprint density at radius 3 is 2.79 bits per heavy atom. The normalized spacial score (nSPS) is 20.6. The molecule has 1 aliphatic heterocycles. The van der Waals surface area contributed by atoms with E-state index in [-0.39, 0.29) is 11.9 Å². The fraction of sp³-hybridized carbons (Fsp3) is 0.889. The van der Waals surface area contributed by atoms with E-state index in [0.29, 0.717) is 0 Å². The zero-order valence-electron chi connectivity index (χ0n) is 8.66. The van der Waals surface area contributed by atoms with Crippen LogP contribution in [-0.2, 0) is 9.53 Å². The van der Waals surface area contributed by atoms with E-state index >= 15 is 0 Å². The van der Waals surface area contributed by atoms with Gasteiger partial charge in [0, 0.05) is 26.2 Å². The summed E-state index contributed by atoms with van der Waals surface area (Å²) in [4.78, 5) is 13.0. The van der Waals surface area contributed by atoms with Gasteiger partial charge in [-0.05, 0) is 6.92 Å². The van der Waals surface area contributed by atoms with Crippen LogP contribution in [0.25, 0.3) is 0 Å². The molecule has 0 aliphatic carbocycles. The highest BCUT2D eigenvalue weighted by molar-refractivity contribution is 5.79. The van der Waals surface area contributed by atoms with Crippen LogP contribution in [0.3, 0.4) is 0 Å². The summed E-state index contributed by atoms with van der Waals surface area (Å²) < 4.78 is 5.23. The Bertz CT molecular complexity index is 181. The van der Waals surface area contributed by atoms with E-state index in [4.69, 9.17) is 10.5 Å². The summed E-state index contributed by atoms with van der Waals surface area (Å²) in [5.41, 5.74) is 5.12. The molecule has 1 aliphatic rings. The lowest BCUT2D eigenvalue weighted by atomic mass is 10.3. The van der Waals surface area contributed by atoms with Gasteiger partial charge in [-0.15, -0.1) is 0 Å². The minimum atomic E-state index is -0.299. The molecule has 14 heavy (non-hydrogen) atoms. The Kier molecular flexibility index (Phi) is 4.86. The molecule has 1 fully saturated rings. The maximum Gasteiger partial charge on any atom is 0.234 e. The molecule has 1 unspecified atom stereocenters. The summed E-state index contributed by atoms with van der Waals surface area (Å²) >= 11 is 0. The number of hydrogen-bond acceptors (Lipinski definition) is 4. The van der Waals surface area contributed by atoms with Crippen molar-refractivity contribution in [2.24, 2.45) is 5.73 Å². The largest absolute Gasteiger partial charge is 0.379 e. The molecule has 5 heteroatoms. The minimum Gasteiger partial charge on any atom is -0.379 e. The highest BCUT2D eigenvalue weighted by atomic mass is 16.5.